The first-order valence-electron chi connectivity index (χ1n) is 8.26. The molecular weight excluding hydrogens is 369 g/mol. The summed E-state index contributed by atoms with van der Waals surface area (Å²) in [6.45, 7) is 2.80. The zero-order chi connectivity index (χ0) is 16.4. The summed E-state index contributed by atoms with van der Waals surface area (Å²) >= 11 is 0. The van der Waals surface area contributed by atoms with Crippen LogP contribution >= 0.6 is 24.8 Å². The van der Waals surface area contributed by atoms with E-state index < -0.39 is 0 Å². The van der Waals surface area contributed by atoms with E-state index in [1.165, 1.54) is 11.1 Å². The van der Waals surface area contributed by atoms with Gasteiger partial charge in [0.05, 0.1) is 0 Å². The van der Waals surface area contributed by atoms with E-state index in [9.17, 15) is 0 Å². The Kier molecular flexibility index (Phi) is 7.17. The normalized spacial score (nSPS) is 19.6. The van der Waals surface area contributed by atoms with E-state index in [1.807, 2.05) is 23.0 Å². The molecule has 0 unspecified atom stereocenters. The number of imidazole rings is 1. The van der Waals surface area contributed by atoms with Gasteiger partial charge >= 0.3 is 0 Å². The van der Waals surface area contributed by atoms with E-state index in [0.29, 0.717) is 5.92 Å². The van der Waals surface area contributed by atoms with Gasteiger partial charge in [0.25, 0.3) is 0 Å². The summed E-state index contributed by atoms with van der Waals surface area (Å²) in [5.41, 5.74) is 8.92. The average Bonchev–Trinajstić information content (AvgIpc) is 3.26. The fourth-order valence-corrected chi connectivity index (χ4v) is 3.41. The summed E-state index contributed by atoms with van der Waals surface area (Å²) in [7, 11) is 0. The molecule has 138 valence electrons. The lowest BCUT2D eigenvalue weighted by Crippen LogP contribution is -2.28. The zero-order valence-corrected chi connectivity index (χ0v) is 15.9. The van der Waals surface area contributed by atoms with Crippen LogP contribution in [0.25, 0.3) is 5.82 Å². The third-order valence-electron chi connectivity index (χ3n) is 4.65. The van der Waals surface area contributed by atoms with Gasteiger partial charge in [0, 0.05) is 50.2 Å². The molecule has 1 saturated heterocycles. The van der Waals surface area contributed by atoms with Crippen molar-refractivity contribution in [2.75, 3.05) is 13.1 Å². The summed E-state index contributed by atoms with van der Waals surface area (Å²) in [5.74, 6) is 1.29. The molecule has 0 aliphatic carbocycles. The third-order valence-corrected chi connectivity index (χ3v) is 4.65. The Labute approximate surface area is 166 Å². The van der Waals surface area contributed by atoms with Crippen molar-refractivity contribution in [3.8, 4) is 5.82 Å². The molecule has 0 radical (unpaired) electrons. The second-order valence-corrected chi connectivity index (χ2v) is 6.37. The van der Waals surface area contributed by atoms with Gasteiger partial charge in [0.1, 0.15) is 12.1 Å². The van der Waals surface area contributed by atoms with Crippen molar-refractivity contribution in [2.45, 2.75) is 18.5 Å². The summed E-state index contributed by atoms with van der Waals surface area (Å²) in [5, 5.41) is 0. The highest BCUT2D eigenvalue weighted by Gasteiger charge is 2.30. The van der Waals surface area contributed by atoms with Gasteiger partial charge in [-0.1, -0.05) is 36.4 Å². The van der Waals surface area contributed by atoms with Crippen LogP contribution in [0.1, 0.15) is 17.0 Å². The first kappa shape index (κ1) is 20.4. The summed E-state index contributed by atoms with van der Waals surface area (Å²) < 4.78 is 1.90. The Morgan fingerprint density at radius 2 is 1.85 bits per heavy atom. The Bertz CT molecular complexity index is 777. The molecule has 5 nitrogen and oxygen atoms in total. The lowest BCUT2D eigenvalue weighted by atomic mass is 9.95. The van der Waals surface area contributed by atoms with Crippen LogP contribution in [0, 0.1) is 0 Å². The number of pyridine rings is 1. The number of hydrogen-bond donors (Lipinski definition) is 1. The molecule has 3 heterocycles. The standard InChI is InChI=1S/C19H21N5.2ClH/c20-18-13-23(12-17(18)16-4-2-1-3-5-16)11-15-6-7-19(22-10-15)24-9-8-21-14-24;;/h1-10,14,17-18H,11-13,20H2;2*1H/t17-,18+;;/m0../s1. The zero-order valence-electron chi connectivity index (χ0n) is 14.3. The van der Waals surface area contributed by atoms with Gasteiger partial charge < -0.3 is 5.73 Å². The number of aromatic nitrogens is 3. The summed E-state index contributed by atoms with van der Waals surface area (Å²) in [6.07, 6.45) is 7.35. The van der Waals surface area contributed by atoms with Crippen molar-refractivity contribution in [1.82, 2.24) is 19.4 Å². The van der Waals surface area contributed by atoms with Crippen molar-refractivity contribution < 1.29 is 0 Å². The molecule has 4 rings (SSSR count). The fourth-order valence-electron chi connectivity index (χ4n) is 3.41. The van der Waals surface area contributed by atoms with Crippen LogP contribution in [0.4, 0.5) is 0 Å². The van der Waals surface area contributed by atoms with E-state index in [0.717, 1.165) is 25.5 Å². The molecule has 1 aliphatic rings. The lowest BCUT2D eigenvalue weighted by molar-refractivity contribution is 0.323. The number of nitrogens with two attached hydrogens (primary N) is 1. The van der Waals surface area contributed by atoms with Crippen molar-refractivity contribution >= 4 is 24.8 Å². The SMILES string of the molecule is Cl.Cl.N[C@@H]1CN(Cc2ccc(-n3ccnc3)nc2)C[C@H]1c1ccccc1. The van der Waals surface area contributed by atoms with Crippen molar-refractivity contribution in [3.05, 3.63) is 78.5 Å². The average molecular weight is 392 g/mol. The number of benzene rings is 1. The van der Waals surface area contributed by atoms with E-state index in [2.05, 4.69) is 51.3 Å². The van der Waals surface area contributed by atoms with E-state index >= 15 is 0 Å². The predicted molar refractivity (Wildman–Crippen MR) is 108 cm³/mol. The Balaban J connectivity index is 0.00000121. The number of likely N-dealkylation sites (tertiary alicyclic amines) is 1. The molecule has 7 heteroatoms. The van der Waals surface area contributed by atoms with Crippen LogP contribution in [-0.2, 0) is 6.54 Å². The molecule has 0 bridgehead atoms. The Morgan fingerprint density at radius 3 is 2.50 bits per heavy atom. The fraction of sp³-hybridized carbons (Fsp3) is 0.263. The van der Waals surface area contributed by atoms with Gasteiger partial charge in [0.2, 0.25) is 0 Å². The van der Waals surface area contributed by atoms with Crippen LogP contribution in [0.15, 0.2) is 67.4 Å². The second kappa shape index (κ2) is 9.14. The van der Waals surface area contributed by atoms with Crippen molar-refractivity contribution in [2.24, 2.45) is 5.73 Å². The molecule has 1 aromatic carbocycles. The first-order chi connectivity index (χ1) is 11.8. The maximum atomic E-state index is 6.38. The minimum atomic E-state index is 0. The van der Waals surface area contributed by atoms with Crippen LogP contribution in [-0.4, -0.2) is 38.6 Å². The van der Waals surface area contributed by atoms with Gasteiger partial charge in [-0.2, -0.15) is 0 Å². The Morgan fingerprint density at radius 1 is 1.04 bits per heavy atom. The molecule has 1 fully saturated rings. The highest BCUT2D eigenvalue weighted by molar-refractivity contribution is 5.85. The smallest absolute Gasteiger partial charge is 0.137 e. The number of rotatable bonds is 4. The van der Waals surface area contributed by atoms with Gasteiger partial charge in [0.15, 0.2) is 0 Å². The van der Waals surface area contributed by atoms with Crippen LogP contribution in [0.2, 0.25) is 0 Å². The largest absolute Gasteiger partial charge is 0.326 e. The van der Waals surface area contributed by atoms with Gasteiger partial charge in [-0.05, 0) is 17.2 Å². The first-order valence-corrected chi connectivity index (χ1v) is 8.26. The number of halogens is 2. The molecular formula is C19H23Cl2N5. The van der Waals surface area contributed by atoms with Crippen molar-refractivity contribution in [3.63, 3.8) is 0 Å². The van der Waals surface area contributed by atoms with E-state index in [4.69, 9.17) is 5.73 Å². The molecule has 26 heavy (non-hydrogen) atoms. The van der Waals surface area contributed by atoms with Crippen molar-refractivity contribution in [1.29, 1.82) is 0 Å². The maximum Gasteiger partial charge on any atom is 0.137 e. The number of hydrogen-bond acceptors (Lipinski definition) is 4. The highest BCUT2D eigenvalue weighted by atomic mass is 35.5. The quantitative estimate of drug-likeness (QED) is 0.742. The van der Waals surface area contributed by atoms with Gasteiger partial charge in [-0.3, -0.25) is 9.47 Å². The molecule has 1 aliphatic heterocycles. The lowest BCUT2D eigenvalue weighted by Gasteiger charge is -2.16. The van der Waals surface area contributed by atoms with Crippen LogP contribution < -0.4 is 5.73 Å². The third kappa shape index (κ3) is 4.43. The minimum Gasteiger partial charge on any atom is -0.326 e. The Hall–Kier alpha value is -1.92. The van der Waals surface area contributed by atoms with Crippen LogP contribution in [0.3, 0.4) is 0 Å². The van der Waals surface area contributed by atoms with Gasteiger partial charge in [-0.25, -0.2) is 9.97 Å². The minimum absolute atomic E-state index is 0. The van der Waals surface area contributed by atoms with E-state index in [1.54, 1.807) is 12.5 Å². The molecule has 3 aromatic rings. The monoisotopic (exact) mass is 391 g/mol. The number of nitrogens with zero attached hydrogens (tertiary/aromatic N) is 4. The highest BCUT2D eigenvalue weighted by Crippen LogP contribution is 2.27. The molecule has 2 N–H and O–H groups in total. The molecule has 0 saturated carbocycles. The molecule has 2 atom stereocenters. The molecule has 0 spiro atoms. The molecule has 2 aromatic heterocycles. The predicted octanol–water partition coefficient (Wildman–Crippen LogP) is 3.04. The summed E-state index contributed by atoms with van der Waals surface area (Å²) in [4.78, 5) is 11.0. The summed E-state index contributed by atoms with van der Waals surface area (Å²) in [6, 6.07) is 14.9. The topological polar surface area (TPSA) is 60.0 Å². The second-order valence-electron chi connectivity index (χ2n) is 6.37. The van der Waals surface area contributed by atoms with Gasteiger partial charge in [-0.15, -0.1) is 24.8 Å². The van der Waals surface area contributed by atoms with E-state index in [-0.39, 0.29) is 30.9 Å². The van der Waals surface area contributed by atoms with Crippen LogP contribution in [0.5, 0.6) is 0 Å². The molecule has 0 amide bonds. The maximum absolute atomic E-state index is 6.38.